The van der Waals surface area contributed by atoms with Gasteiger partial charge in [-0.3, -0.25) is 4.79 Å². The van der Waals surface area contributed by atoms with E-state index in [0.29, 0.717) is 24.7 Å². The highest BCUT2D eigenvalue weighted by atomic mass is 16.5. The molecule has 0 bridgehead atoms. The predicted octanol–water partition coefficient (Wildman–Crippen LogP) is 3.60. The molecule has 5 heteroatoms. The van der Waals surface area contributed by atoms with Gasteiger partial charge < -0.3 is 19.5 Å². The lowest BCUT2D eigenvalue weighted by Crippen LogP contribution is -2.20. The molecule has 26 heavy (non-hydrogen) atoms. The van der Waals surface area contributed by atoms with Gasteiger partial charge in [-0.1, -0.05) is 30.9 Å². The van der Waals surface area contributed by atoms with Gasteiger partial charge in [-0.15, -0.1) is 0 Å². The number of hydrogen-bond donors (Lipinski definition) is 1. The summed E-state index contributed by atoms with van der Waals surface area (Å²) in [5.74, 6) is 1.88. The molecule has 136 valence electrons. The highest BCUT2D eigenvalue weighted by molar-refractivity contribution is 5.91. The molecule has 0 heterocycles. The van der Waals surface area contributed by atoms with Crippen molar-refractivity contribution in [1.82, 2.24) is 5.32 Å². The Morgan fingerprint density at radius 2 is 1.81 bits per heavy atom. The van der Waals surface area contributed by atoms with Crippen LogP contribution in [0.25, 0.3) is 6.08 Å². The van der Waals surface area contributed by atoms with Crippen LogP contribution in [0.3, 0.4) is 0 Å². The van der Waals surface area contributed by atoms with Crippen LogP contribution in [0.5, 0.6) is 17.2 Å². The highest BCUT2D eigenvalue weighted by Gasteiger charge is 2.05. The topological polar surface area (TPSA) is 56.8 Å². The fourth-order valence-corrected chi connectivity index (χ4v) is 2.24. The lowest BCUT2D eigenvalue weighted by Gasteiger charge is -2.09. The summed E-state index contributed by atoms with van der Waals surface area (Å²) in [5, 5.41) is 2.84. The first kappa shape index (κ1) is 19.1. The zero-order valence-corrected chi connectivity index (χ0v) is 15.0. The first-order chi connectivity index (χ1) is 12.7. The van der Waals surface area contributed by atoms with Crippen LogP contribution >= 0.6 is 0 Å². The molecule has 2 rings (SSSR count). The maximum Gasteiger partial charge on any atom is 0.244 e. The summed E-state index contributed by atoms with van der Waals surface area (Å²) < 4.78 is 15.9. The molecule has 0 aliphatic rings. The Labute approximate surface area is 153 Å². The van der Waals surface area contributed by atoms with Gasteiger partial charge in [0.1, 0.15) is 12.4 Å². The molecule has 0 radical (unpaired) electrons. The van der Waals surface area contributed by atoms with E-state index in [4.69, 9.17) is 14.2 Å². The number of nitrogens with one attached hydrogen (secondary N) is 1. The van der Waals surface area contributed by atoms with Gasteiger partial charge in [-0.05, 0) is 41.5 Å². The minimum absolute atomic E-state index is 0.174. The van der Waals surface area contributed by atoms with Crippen molar-refractivity contribution in [2.75, 3.05) is 20.8 Å². The largest absolute Gasteiger partial charge is 0.493 e. The van der Waals surface area contributed by atoms with Crippen LogP contribution in [-0.2, 0) is 11.3 Å². The van der Waals surface area contributed by atoms with Gasteiger partial charge in [0, 0.05) is 12.6 Å². The molecule has 2 aromatic carbocycles. The Hall–Kier alpha value is -3.21. The van der Waals surface area contributed by atoms with Crippen LogP contribution < -0.4 is 19.5 Å². The van der Waals surface area contributed by atoms with Gasteiger partial charge in [0.25, 0.3) is 0 Å². The average molecular weight is 353 g/mol. The monoisotopic (exact) mass is 353 g/mol. The van der Waals surface area contributed by atoms with E-state index in [-0.39, 0.29) is 5.91 Å². The number of carbonyl (C=O) groups is 1. The third-order valence-electron chi connectivity index (χ3n) is 3.59. The smallest absolute Gasteiger partial charge is 0.244 e. The van der Waals surface area contributed by atoms with Crippen molar-refractivity contribution in [1.29, 1.82) is 0 Å². The minimum atomic E-state index is -0.174. The molecule has 0 aliphatic carbocycles. The van der Waals surface area contributed by atoms with Crippen LogP contribution in [0.15, 0.2) is 61.2 Å². The molecule has 0 saturated heterocycles. The molecule has 0 unspecified atom stereocenters. The number of amides is 1. The molecular weight excluding hydrogens is 330 g/mol. The van der Waals surface area contributed by atoms with Crippen LogP contribution in [0.4, 0.5) is 0 Å². The molecule has 0 atom stereocenters. The molecular formula is C21H23NO4. The zero-order chi connectivity index (χ0) is 18.8. The number of carbonyl (C=O) groups excluding carboxylic acids is 1. The first-order valence-corrected chi connectivity index (χ1v) is 8.17. The standard InChI is InChI=1S/C21H23NO4/c1-4-13-26-18-9-5-16(6-10-18)8-12-21(23)22-15-17-7-11-19(24-2)20(14-17)25-3/h4-12,14H,1,13,15H2,2-3H3,(H,22,23)/b12-8+. The molecule has 0 spiro atoms. The van der Waals surface area contributed by atoms with Gasteiger partial charge >= 0.3 is 0 Å². The maximum atomic E-state index is 12.0. The lowest BCUT2D eigenvalue weighted by atomic mass is 10.2. The Kier molecular flexibility index (Phi) is 7.31. The Morgan fingerprint density at radius 3 is 2.46 bits per heavy atom. The van der Waals surface area contributed by atoms with Gasteiger partial charge in [-0.25, -0.2) is 0 Å². The molecule has 1 amide bonds. The van der Waals surface area contributed by atoms with Crippen molar-refractivity contribution in [3.8, 4) is 17.2 Å². The van der Waals surface area contributed by atoms with E-state index in [1.807, 2.05) is 42.5 Å². The second-order valence-corrected chi connectivity index (χ2v) is 5.41. The first-order valence-electron chi connectivity index (χ1n) is 8.17. The van der Waals surface area contributed by atoms with E-state index in [9.17, 15) is 4.79 Å². The summed E-state index contributed by atoms with van der Waals surface area (Å²) in [6.45, 7) is 4.47. The summed E-state index contributed by atoms with van der Waals surface area (Å²) in [6, 6.07) is 13.0. The van der Waals surface area contributed by atoms with E-state index >= 15 is 0 Å². The second-order valence-electron chi connectivity index (χ2n) is 5.41. The summed E-state index contributed by atoms with van der Waals surface area (Å²) >= 11 is 0. The van der Waals surface area contributed by atoms with Crippen molar-refractivity contribution in [3.05, 3.63) is 72.3 Å². The quantitative estimate of drug-likeness (QED) is 0.553. The Balaban J connectivity index is 1.88. The summed E-state index contributed by atoms with van der Waals surface area (Å²) in [7, 11) is 3.17. The summed E-state index contributed by atoms with van der Waals surface area (Å²) in [5.41, 5.74) is 1.84. The van der Waals surface area contributed by atoms with Gasteiger partial charge in [-0.2, -0.15) is 0 Å². The molecule has 0 aromatic heterocycles. The normalized spacial score (nSPS) is 10.4. The van der Waals surface area contributed by atoms with E-state index in [2.05, 4.69) is 11.9 Å². The average Bonchev–Trinajstić information content (AvgIpc) is 2.69. The van der Waals surface area contributed by atoms with Crippen molar-refractivity contribution < 1.29 is 19.0 Å². The number of rotatable bonds is 9. The SMILES string of the molecule is C=CCOc1ccc(/C=C/C(=O)NCc2ccc(OC)c(OC)c2)cc1. The number of methoxy groups -OCH3 is 2. The highest BCUT2D eigenvalue weighted by Crippen LogP contribution is 2.27. The maximum absolute atomic E-state index is 12.0. The van der Waals surface area contributed by atoms with Crippen molar-refractivity contribution in [2.24, 2.45) is 0 Å². The van der Waals surface area contributed by atoms with E-state index in [1.165, 1.54) is 6.08 Å². The number of ether oxygens (including phenoxy) is 3. The predicted molar refractivity (Wildman–Crippen MR) is 103 cm³/mol. The van der Waals surface area contributed by atoms with Crippen molar-refractivity contribution in [2.45, 2.75) is 6.54 Å². The van der Waals surface area contributed by atoms with Crippen molar-refractivity contribution >= 4 is 12.0 Å². The van der Waals surface area contributed by atoms with E-state index in [1.54, 1.807) is 26.4 Å². The third kappa shape index (κ3) is 5.70. The van der Waals surface area contributed by atoms with E-state index in [0.717, 1.165) is 16.9 Å². The second kappa shape index (κ2) is 9.93. The van der Waals surface area contributed by atoms with Gasteiger partial charge in [0.15, 0.2) is 11.5 Å². The molecule has 2 aromatic rings. The molecule has 0 saturated carbocycles. The van der Waals surface area contributed by atoms with Gasteiger partial charge in [0.05, 0.1) is 14.2 Å². The zero-order valence-electron chi connectivity index (χ0n) is 15.0. The fraction of sp³-hybridized carbons (Fsp3) is 0.190. The van der Waals surface area contributed by atoms with Crippen LogP contribution in [0.1, 0.15) is 11.1 Å². The van der Waals surface area contributed by atoms with Crippen LogP contribution in [0.2, 0.25) is 0 Å². The van der Waals surface area contributed by atoms with E-state index < -0.39 is 0 Å². The minimum Gasteiger partial charge on any atom is -0.493 e. The molecule has 5 nitrogen and oxygen atoms in total. The van der Waals surface area contributed by atoms with Crippen molar-refractivity contribution in [3.63, 3.8) is 0 Å². The lowest BCUT2D eigenvalue weighted by molar-refractivity contribution is -0.116. The summed E-state index contributed by atoms with van der Waals surface area (Å²) in [4.78, 5) is 12.0. The number of benzene rings is 2. The Morgan fingerprint density at radius 1 is 1.08 bits per heavy atom. The van der Waals surface area contributed by atoms with Crippen LogP contribution in [-0.4, -0.2) is 26.7 Å². The fourth-order valence-electron chi connectivity index (χ4n) is 2.24. The van der Waals surface area contributed by atoms with Crippen LogP contribution in [0, 0.1) is 0 Å². The molecule has 1 N–H and O–H groups in total. The summed E-state index contributed by atoms with van der Waals surface area (Å²) in [6.07, 6.45) is 4.94. The van der Waals surface area contributed by atoms with Gasteiger partial charge in [0.2, 0.25) is 5.91 Å². The third-order valence-corrected chi connectivity index (χ3v) is 3.59. The number of hydrogen-bond acceptors (Lipinski definition) is 4. The molecule has 0 fully saturated rings. The Bertz CT molecular complexity index is 766. The molecule has 0 aliphatic heterocycles.